The molecule has 0 radical (unpaired) electrons. The minimum absolute atomic E-state index is 0.116. The number of carbonyl (C=O) groups excluding carboxylic acids is 2. The lowest BCUT2D eigenvalue weighted by Gasteiger charge is -2.17. The van der Waals surface area contributed by atoms with Crippen molar-refractivity contribution < 1.29 is 18.0 Å². The van der Waals surface area contributed by atoms with Crippen LogP contribution in [0.15, 0.2) is 28.0 Å². The van der Waals surface area contributed by atoms with Gasteiger partial charge in [-0.25, -0.2) is 8.42 Å². The summed E-state index contributed by atoms with van der Waals surface area (Å²) in [5.74, 6) is -0.521. The first-order valence-corrected chi connectivity index (χ1v) is 11.6. The topological polar surface area (TPSA) is 92.3 Å². The van der Waals surface area contributed by atoms with E-state index in [9.17, 15) is 18.0 Å². The van der Waals surface area contributed by atoms with E-state index in [1.54, 1.807) is 19.1 Å². The standard InChI is InChI=1S/C18H24N2O4S2/c1-12(18(22)19-13-4-2-3-5-13)11-26(23,24)14-6-7-16-15(10-14)20-17(21)8-9-25-16/h6-7,10,12-13H,2-5,8-9,11H2,1H3,(H,19,22)(H,20,21). The van der Waals surface area contributed by atoms with Crippen LogP contribution in [-0.2, 0) is 19.4 Å². The second-order valence-electron chi connectivity index (χ2n) is 6.98. The Morgan fingerprint density at radius 2 is 2.08 bits per heavy atom. The molecule has 0 spiro atoms. The summed E-state index contributed by atoms with van der Waals surface area (Å²) in [6, 6.07) is 4.96. The van der Waals surface area contributed by atoms with Crippen molar-refractivity contribution >= 4 is 39.1 Å². The summed E-state index contributed by atoms with van der Waals surface area (Å²) in [6.07, 6.45) is 4.55. The Balaban J connectivity index is 1.71. The zero-order chi connectivity index (χ0) is 18.7. The van der Waals surface area contributed by atoms with Gasteiger partial charge in [0.2, 0.25) is 11.8 Å². The minimum Gasteiger partial charge on any atom is -0.353 e. The largest absolute Gasteiger partial charge is 0.353 e. The van der Waals surface area contributed by atoms with Crippen LogP contribution in [0.2, 0.25) is 0 Å². The summed E-state index contributed by atoms with van der Waals surface area (Å²) in [7, 11) is -3.62. The third kappa shape index (κ3) is 4.59. The van der Waals surface area contributed by atoms with Crippen molar-refractivity contribution in [3.8, 4) is 0 Å². The normalized spacial score (nSPS) is 19.3. The Bertz CT molecular complexity index is 801. The fourth-order valence-electron chi connectivity index (χ4n) is 3.31. The predicted molar refractivity (Wildman–Crippen MR) is 102 cm³/mol. The molecular weight excluding hydrogens is 372 g/mol. The molecule has 0 aromatic heterocycles. The number of thioether (sulfide) groups is 1. The van der Waals surface area contributed by atoms with Crippen LogP contribution in [0.25, 0.3) is 0 Å². The number of nitrogens with one attached hydrogen (secondary N) is 2. The molecule has 1 unspecified atom stereocenters. The van der Waals surface area contributed by atoms with Crippen molar-refractivity contribution in [1.82, 2.24) is 5.32 Å². The van der Waals surface area contributed by atoms with Gasteiger partial charge in [0.15, 0.2) is 9.84 Å². The second-order valence-corrected chi connectivity index (χ2v) is 10.1. The van der Waals surface area contributed by atoms with Gasteiger partial charge in [-0.3, -0.25) is 9.59 Å². The van der Waals surface area contributed by atoms with Crippen molar-refractivity contribution in [2.24, 2.45) is 5.92 Å². The van der Waals surface area contributed by atoms with Gasteiger partial charge in [0, 0.05) is 29.0 Å². The number of amides is 2. The zero-order valence-electron chi connectivity index (χ0n) is 14.8. The van der Waals surface area contributed by atoms with Crippen LogP contribution in [0.3, 0.4) is 0 Å². The number of carbonyl (C=O) groups is 2. The number of hydrogen-bond donors (Lipinski definition) is 2. The van der Waals surface area contributed by atoms with E-state index in [1.165, 1.54) is 17.8 Å². The molecule has 1 fully saturated rings. The molecule has 1 saturated carbocycles. The Morgan fingerprint density at radius 3 is 2.81 bits per heavy atom. The summed E-state index contributed by atoms with van der Waals surface area (Å²) in [5.41, 5.74) is 0.529. The number of hydrogen-bond acceptors (Lipinski definition) is 5. The molecule has 26 heavy (non-hydrogen) atoms. The molecule has 1 heterocycles. The van der Waals surface area contributed by atoms with Gasteiger partial charge in [0.1, 0.15) is 0 Å². The van der Waals surface area contributed by atoms with E-state index in [0.717, 1.165) is 30.6 Å². The lowest BCUT2D eigenvalue weighted by atomic mass is 10.1. The summed E-state index contributed by atoms with van der Waals surface area (Å²) in [6.45, 7) is 1.64. The van der Waals surface area contributed by atoms with E-state index in [2.05, 4.69) is 10.6 Å². The molecule has 6 nitrogen and oxygen atoms in total. The number of fused-ring (bicyclic) bond motifs is 1. The lowest BCUT2D eigenvalue weighted by Crippen LogP contribution is -2.38. The molecule has 1 atom stereocenters. The van der Waals surface area contributed by atoms with Crippen LogP contribution in [0.5, 0.6) is 0 Å². The van der Waals surface area contributed by atoms with Gasteiger partial charge in [0.05, 0.1) is 16.3 Å². The maximum Gasteiger partial charge on any atom is 0.225 e. The van der Waals surface area contributed by atoms with Crippen molar-refractivity contribution in [1.29, 1.82) is 0 Å². The molecule has 1 aromatic rings. The third-order valence-corrected chi connectivity index (χ3v) is 7.78. The fourth-order valence-corrected chi connectivity index (χ4v) is 5.82. The molecule has 2 aliphatic rings. The lowest BCUT2D eigenvalue weighted by molar-refractivity contribution is -0.124. The first-order chi connectivity index (χ1) is 12.3. The van der Waals surface area contributed by atoms with E-state index in [1.807, 2.05) is 0 Å². The second kappa shape index (κ2) is 8.00. The van der Waals surface area contributed by atoms with Crippen LogP contribution in [0.1, 0.15) is 39.0 Å². The highest BCUT2D eigenvalue weighted by Crippen LogP contribution is 2.33. The van der Waals surface area contributed by atoms with Crippen LogP contribution >= 0.6 is 11.8 Å². The molecule has 142 valence electrons. The zero-order valence-corrected chi connectivity index (χ0v) is 16.4. The third-order valence-electron chi connectivity index (χ3n) is 4.79. The molecule has 0 saturated heterocycles. The summed E-state index contributed by atoms with van der Waals surface area (Å²) < 4.78 is 25.5. The molecule has 1 aliphatic heterocycles. The van der Waals surface area contributed by atoms with E-state index in [4.69, 9.17) is 0 Å². The van der Waals surface area contributed by atoms with Gasteiger partial charge >= 0.3 is 0 Å². The summed E-state index contributed by atoms with van der Waals surface area (Å²) in [4.78, 5) is 25.0. The smallest absolute Gasteiger partial charge is 0.225 e. The summed E-state index contributed by atoms with van der Waals surface area (Å²) >= 11 is 1.53. The van der Waals surface area contributed by atoms with Crippen LogP contribution in [0.4, 0.5) is 5.69 Å². The average molecular weight is 397 g/mol. The van der Waals surface area contributed by atoms with Crippen molar-refractivity contribution in [2.75, 3.05) is 16.8 Å². The van der Waals surface area contributed by atoms with Gasteiger partial charge in [-0.15, -0.1) is 11.8 Å². The van der Waals surface area contributed by atoms with Gasteiger partial charge in [0.25, 0.3) is 0 Å². The number of anilines is 1. The van der Waals surface area contributed by atoms with E-state index >= 15 is 0 Å². The Kier molecular flexibility index (Phi) is 5.92. The minimum atomic E-state index is -3.62. The number of sulfone groups is 1. The van der Waals surface area contributed by atoms with Crippen LogP contribution in [0, 0.1) is 5.92 Å². The van der Waals surface area contributed by atoms with E-state index in [0.29, 0.717) is 17.9 Å². The van der Waals surface area contributed by atoms with Crippen molar-refractivity contribution in [3.63, 3.8) is 0 Å². The highest BCUT2D eigenvalue weighted by molar-refractivity contribution is 7.99. The van der Waals surface area contributed by atoms with Crippen molar-refractivity contribution in [2.45, 2.75) is 54.9 Å². The molecule has 1 aliphatic carbocycles. The van der Waals surface area contributed by atoms with E-state index < -0.39 is 15.8 Å². The highest BCUT2D eigenvalue weighted by atomic mass is 32.2. The average Bonchev–Trinajstić information content (AvgIpc) is 3.01. The molecule has 1 aromatic carbocycles. The molecule has 3 rings (SSSR count). The first kappa shape index (κ1) is 19.2. The Labute approximate surface area is 158 Å². The fraction of sp³-hybridized carbons (Fsp3) is 0.556. The Morgan fingerprint density at radius 1 is 1.35 bits per heavy atom. The molecule has 2 amide bonds. The molecule has 0 bridgehead atoms. The maximum atomic E-state index is 12.7. The van der Waals surface area contributed by atoms with Gasteiger partial charge in [-0.1, -0.05) is 19.8 Å². The molecule has 8 heteroatoms. The monoisotopic (exact) mass is 396 g/mol. The van der Waals surface area contributed by atoms with Crippen LogP contribution < -0.4 is 10.6 Å². The van der Waals surface area contributed by atoms with E-state index in [-0.39, 0.29) is 28.5 Å². The van der Waals surface area contributed by atoms with Crippen molar-refractivity contribution in [3.05, 3.63) is 18.2 Å². The SMILES string of the molecule is CC(CS(=O)(=O)c1ccc2c(c1)NC(=O)CCS2)C(=O)NC1CCCC1. The molecule has 2 N–H and O–H groups in total. The Hall–Kier alpha value is -1.54. The number of benzene rings is 1. The highest BCUT2D eigenvalue weighted by Gasteiger charge is 2.27. The van der Waals surface area contributed by atoms with Gasteiger partial charge in [-0.2, -0.15) is 0 Å². The quantitative estimate of drug-likeness (QED) is 0.798. The molecular formula is C18H24N2O4S2. The van der Waals surface area contributed by atoms with Crippen LogP contribution in [-0.4, -0.2) is 37.8 Å². The van der Waals surface area contributed by atoms with Gasteiger partial charge in [-0.05, 0) is 31.0 Å². The predicted octanol–water partition coefficient (Wildman–Crippen LogP) is 2.59. The first-order valence-electron chi connectivity index (χ1n) is 8.95. The van der Waals surface area contributed by atoms with Gasteiger partial charge < -0.3 is 10.6 Å². The summed E-state index contributed by atoms with van der Waals surface area (Å²) in [5, 5.41) is 5.71. The maximum absolute atomic E-state index is 12.7. The number of rotatable bonds is 5.